The van der Waals surface area contributed by atoms with Gasteiger partial charge in [-0.15, -0.1) is 0 Å². The number of benzene rings is 2. The molecule has 1 aliphatic rings. The van der Waals surface area contributed by atoms with Crippen LogP contribution >= 0.6 is 0 Å². The molecule has 1 fully saturated rings. The molecular formula is C23H25N3O. The molecule has 2 aromatic carbocycles. The second-order valence-electron chi connectivity index (χ2n) is 6.93. The maximum absolute atomic E-state index is 5.55. The first kappa shape index (κ1) is 17.7. The molecule has 0 bridgehead atoms. The Morgan fingerprint density at radius 3 is 2.26 bits per heavy atom. The lowest BCUT2D eigenvalue weighted by molar-refractivity contribution is 0.127. The summed E-state index contributed by atoms with van der Waals surface area (Å²) < 4.78 is 5.55. The van der Waals surface area contributed by atoms with E-state index in [2.05, 4.69) is 69.6 Å². The molecule has 0 radical (unpaired) electrons. The van der Waals surface area contributed by atoms with Crippen LogP contribution in [0, 0.1) is 0 Å². The zero-order chi connectivity index (χ0) is 18.3. The van der Waals surface area contributed by atoms with Crippen LogP contribution in [0.4, 0.5) is 0 Å². The Hall–Kier alpha value is -2.69. The number of nitrogens with zero attached hydrogens (tertiary/aromatic N) is 3. The van der Waals surface area contributed by atoms with E-state index >= 15 is 0 Å². The van der Waals surface area contributed by atoms with Gasteiger partial charge in [0.2, 0.25) is 0 Å². The fourth-order valence-electron chi connectivity index (χ4n) is 3.38. The largest absolute Gasteiger partial charge is 0.359 e. The average Bonchev–Trinajstić information content (AvgIpc) is 3.19. The highest BCUT2D eigenvalue weighted by Gasteiger charge is 2.18. The maximum atomic E-state index is 5.55. The number of hydrogen-bond donors (Lipinski definition) is 0. The third-order valence-corrected chi connectivity index (χ3v) is 4.95. The monoisotopic (exact) mass is 359 g/mol. The zero-order valence-corrected chi connectivity index (χ0v) is 15.5. The summed E-state index contributed by atoms with van der Waals surface area (Å²) in [5.74, 6) is 0.936. The first-order valence-electron chi connectivity index (χ1n) is 9.54. The lowest BCUT2D eigenvalue weighted by Gasteiger charge is -2.33. The van der Waals surface area contributed by atoms with Crippen LogP contribution in [0.2, 0.25) is 0 Å². The molecular weight excluding hydrogens is 334 g/mol. The van der Waals surface area contributed by atoms with E-state index in [9.17, 15) is 0 Å². The molecule has 0 spiro atoms. The van der Waals surface area contributed by atoms with Crippen LogP contribution in [0.5, 0.6) is 0 Å². The van der Waals surface area contributed by atoms with Gasteiger partial charge in [0.05, 0.1) is 6.54 Å². The first-order chi connectivity index (χ1) is 13.4. The topological polar surface area (TPSA) is 32.5 Å². The Balaban J connectivity index is 1.24. The van der Waals surface area contributed by atoms with Gasteiger partial charge in [0.25, 0.3) is 0 Å². The summed E-state index contributed by atoms with van der Waals surface area (Å²) in [5.41, 5.74) is 3.27. The molecule has 0 aliphatic carbocycles. The summed E-state index contributed by atoms with van der Waals surface area (Å²) in [7, 11) is 0. The van der Waals surface area contributed by atoms with E-state index in [0.29, 0.717) is 0 Å². The molecule has 3 aromatic rings. The van der Waals surface area contributed by atoms with Gasteiger partial charge in [-0.05, 0) is 5.56 Å². The minimum absolute atomic E-state index is 0.827. The zero-order valence-electron chi connectivity index (χ0n) is 15.5. The first-order valence-corrected chi connectivity index (χ1v) is 9.54. The van der Waals surface area contributed by atoms with E-state index in [0.717, 1.165) is 56.3 Å². The van der Waals surface area contributed by atoms with Crippen LogP contribution in [-0.2, 0) is 6.54 Å². The van der Waals surface area contributed by atoms with Crippen LogP contribution in [0.3, 0.4) is 0 Å². The van der Waals surface area contributed by atoms with Crippen molar-refractivity contribution in [3.8, 4) is 11.3 Å². The molecule has 4 rings (SSSR count). The lowest BCUT2D eigenvalue weighted by atomic mass is 10.1. The van der Waals surface area contributed by atoms with Gasteiger partial charge in [0, 0.05) is 44.4 Å². The van der Waals surface area contributed by atoms with Crippen molar-refractivity contribution in [1.82, 2.24) is 15.0 Å². The van der Waals surface area contributed by atoms with Crippen molar-refractivity contribution in [2.24, 2.45) is 0 Å². The third kappa shape index (κ3) is 4.94. The van der Waals surface area contributed by atoms with Crippen molar-refractivity contribution >= 4 is 6.08 Å². The number of hydrogen-bond acceptors (Lipinski definition) is 4. The van der Waals surface area contributed by atoms with Gasteiger partial charge >= 0.3 is 0 Å². The van der Waals surface area contributed by atoms with Crippen LogP contribution in [0.25, 0.3) is 17.3 Å². The molecule has 1 aliphatic heterocycles. The number of rotatable bonds is 6. The molecule has 0 unspecified atom stereocenters. The van der Waals surface area contributed by atoms with E-state index in [4.69, 9.17) is 4.52 Å². The Bertz CT molecular complexity index is 850. The summed E-state index contributed by atoms with van der Waals surface area (Å²) in [6.07, 6.45) is 4.46. The van der Waals surface area contributed by atoms with E-state index in [1.807, 2.05) is 24.3 Å². The highest BCUT2D eigenvalue weighted by Crippen LogP contribution is 2.19. The predicted octanol–water partition coefficient (Wildman–Crippen LogP) is 4.17. The van der Waals surface area contributed by atoms with Crippen LogP contribution in [0.15, 0.2) is 77.3 Å². The second-order valence-corrected chi connectivity index (χ2v) is 6.93. The maximum Gasteiger partial charge on any atom is 0.151 e. The highest BCUT2D eigenvalue weighted by atomic mass is 16.5. The van der Waals surface area contributed by atoms with Crippen LogP contribution in [-0.4, -0.2) is 47.7 Å². The number of piperazine rings is 1. The van der Waals surface area contributed by atoms with Crippen molar-refractivity contribution in [3.05, 3.63) is 84.1 Å². The summed E-state index contributed by atoms with van der Waals surface area (Å²) in [5, 5.41) is 4.21. The lowest BCUT2D eigenvalue weighted by Crippen LogP contribution is -2.45. The summed E-state index contributed by atoms with van der Waals surface area (Å²) >= 11 is 0. The van der Waals surface area contributed by atoms with Crippen molar-refractivity contribution < 1.29 is 4.52 Å². The van der Waals surface area contributed by atoms with E-state index < -0.39 is 0 Å². The standard InChI is InChI=1S/C23H25N3O/c1-3-8-20(9-4-1)10-7-13-25-14-16-26(17-15-25)19-22-18-23(24-27-22)21-11-5-2-6-12-21/h1-12,18H,13-17,19H2. The average molecular weight is 359 g/mol. The fourth-order valence-corrected chi connectivity index (χ4v) is 3.38. The SMILES string of the molecule is C(=Cc1ccccc1)CN1CCN(Cc2cc(-c3ccccc3)no2)CC1. The fraction of sp³-hybridized carbons (Fsp3) is 0.261. The molecule has 1 aromatic heterocycles. The van der Waals surface area contributed by atoms with Crippen molar-refractivity contribution in [2.45, 2.75) is 6.54 Å². The Kier molecular flexibility index (Phi) is 5.77. The van der Waals surface area contributed by atoms with Crippen molar-refractivity contribution in [2.75, 3.05) is 32.7 Å². The smallest absolute Gasteiger partial charge is 0.151 e. The van der Waals surface area contributed by atoms with E-state index in [-0.39, 0.29) is 0 Å². The molecule has 0 atom stereocenters. The molecule has 138 valence electrons. The summed E-state index contributed by atoms with van der Waals surface area (Å²) in [6.45, 7) is 6.11. The van der Waals surface area contributed by atoms with E-state index in [1.165, 1.54) is 5.56 Å². The van der Waals surface area contributed by atoms with Gasteiger partial charge in [-0.25, -0.2) is 0 Å². The van der Waals surface area contributed by atoms with Gasteiger partial charge in [-0.1, -0.05) is 78.0 Å². The minimum atomic E-state index is 0.827. The molecule has 4 heteroatoms. The van der Waals surface area contributed by atoms with Gasteiger partial charge in [0.1, 0.15) is 5.69 Å². The molecule has 1 saturated heterocycles. The molecule has 0 saturated carbocycles. The molecule has 0 N–H and O–H groups in total. The quantitative estimate of drug-likeness (QED) is 0.661. The van der Waals surface area contributed by atoms with Gasteiger partial charge in [-0.3, -0.25) is 9.80 Å². The van der Waals surface area contributed by atoms with Crippen molar-refractivity contribution in [3.63, 3.8) is 0 Å². The molecule has 27 heavy (non-hydrogen) atoms. The van der Waals surface area contributed by atoms with Crippen LogP contribution < -0.4 is 0 Å². The Morgan fingerprint density at radius 1 is 0.852 bits per heavy atom. The van der Waals surface area contributed by atoms with Crippen molar-refractivity contribution in [1.29, 1.82) is 0 Å². The third-order valence-electron chi connectivity index (χ3n) is 4.95. The number of aromatic nitrogens is 1. The van der Waals surface area contributed by atoms with Crippen LogP contribution in [0.1, 0.15) is 11.3 Å². The van der Waals surface area contributed by atoms with E-state index in [1.54, 1.807) is 0 Å². The molecule has 2 heterocycles. The molecule has 4 nitrogen and oxygen atoms in total. The summed E-state index contributed by atoms with van der Waals surface area (Å²) in [6, 6.07) is 22.7. The molecule has 0 amide bonds. The Labute approximate surface area is 160 Å². The van der Waals surface area contributed by atoms with Gasteiger partial charge in [0.15, 0.2) is 5.76 Å². The summed E-state index contributed by atoms with van der Waals surface area (Å²) in [4.78, 5) is 4.93. The van der Waals surface area contributed by atoms with Gasteiger partial charge in [-0.2, -0.15) is 0 Å². The Morgan fingerprint density at radius 2 is 1.52 bits per heavy atom. The highest BCUT2D eigenvalue weighted by molar-refractivity contribution is 5.58. The predicted molar refractivity (Wildman–Crippen MR) is 109 cm³/mol. The minimum Gasteiger partial charge on any atom is -0.359 e. The van der Waals surface area contributed by atoms with Gasteiger partial charge < -0.3 is 4.52 Å². The normalized spacial score (nSPS) is 16.1. The second kappa shape index (κ2) is 8.80.